The minimum atomic E-state index is -0.198. The molecule has 0 aliphatic heterocycles. The molecular formula is C20H26N2O2. The molecule has 128 valence electrons. The lowest BCUT2D eigenvalue weighted by atomic mass is 10.1. The summed E-state index contributed by atoms with van der Waals surface area (Å²) in [5.74, 6) is -0.147. The molecule has 2 aromatic rings. The van der Waals surface area contributed by atoms with Crippen LogP contribution in [-0.2, 0) is 13.0 Å². The van der Waals surface area contributed by atoms with Crippen molar-refractivity contribution in [2.45, 2.75) is 39.3 Å². The molecule has 4 heteroatoms. The highest BCUT2D eigenvalue weighted by Crippen LogP contribution is 2.17. The Morgan fingerprint density at radius 1 is 1.12 bits per heavy atom. The molecule has 1 amide bonds. The van der Waals surface area contributed by atoms with Crippen LogP contribution in [0.25, 0.3) is 0 Å². The fraction of sp³-hybridized carbons (Fsp3) is 0.350. The van der Waals surface area contributed by atoms with Crippen LogP contribution in [0, 0.1) is 0 Å². The largest absolute Gasteiger partial charge is 0.394 e. The first-order valence-corrected chi connectivity index (χ1v) is 8.50. The quantitative estimate of drug-likeness (QED) is 0.697. The van der Waals surface area contributed by atoms with Gasteiger partial charge in [0.15, 0.2) is 0 Å². The number of rotatable bonds is 8. The van der Waals surface area contributed by atoms with Crippen LogP contribution in [0.2, 0.25) is 0 Å². The summed E-state index contributed by atoms with van der Waals surface area (Å²) in [5, 5.41) is 15.5. The van der Waals surface area contributed by atoms with E-state index in [0.717, 1.165) is 17.7 Å². The molecule has 24 heavy (non-hydrogen) atoms. The maximum absolute atomic E-state index is 12.3. The number of carbonyl (C=O) groups excluding carboxylic acids is 1. The van der Waals surface area contributed by atoms with Gasteiger partial charge in [0.25, 0.3) is 5.91 Å². The van der Waals surface area contributed by atoms with E-state index in [4.69, 9.17) is 0 Å². The molecule has 2 rings (SSSR count). The van der Waals surface area contributed by atoms with Gasteiger partial charge in [0, 0.05) is 17.8 Å². The van der Waals surface area contributed by atoms with Gasteiger partial charge in [-0.05, 0) is 42.2 Å². The predicted octanol–water partition coefficient (Wildman–Crippen LogP) is 3.36. The van der Waals surface area contributed by atoms with Crippen LogP contribution >= 0.6 is 0 Å². The van der Waals surface area contributed by atoms with E-state index < -0.39 is 0 Å². The van der Waals surface area contributed by atoms with Crippen molar-refractivity contribution in [3.63, 3.8) is 0 Å². The van der Waals surface area contributed by atoms with Gasteiger partial charge in [0.05, 0.1) is 12.6 Å². The minimum Gasteiger partial charge on any atom is -0.394 e. The van der Waals surface area contributed by atoms with E-state index in [-0.39, 0.29) is 18.6 Å². The molecular weight excluding hydrogens is 300 g/mol. The van der Waals surface area contributed by atoms with Gasteiger partial charge in [-0.2, -0.15) is 0 Å². The van der Waals surface area contributed by atoms with Crippen molar-refractivity contribution in [2.75, 3.05) is 11.9 Å². The van der Waals surface area contributed by atoms with Crippen LogP contribution in [-0.4, -0.2) is 23.7 Å². The molecule has 0 aliphatic carbocycles. The fourth-order valence-corrected chi connectivity index (χ4v) is 2.57. The molecule has 0 bridgehead atoms. The Morgan fingerprint density at radius 3 is 2.62 bits per heavy atom. The van der Waals surface area contributed by atoms with E-state index in [1.807, 2.05) is 37.3 Å². The number of para-hydroxylation sites is 1. The third kappa shape index (κ3) is 4.83. The highest BCUT2D eigenvalue weighted by Gasteiger charge is 2.11. The Balaban J connectivity index is 2.03. The Morgan fingerprint density at radius 2 is 1.92 bits per heavy atom. The van der Waals surface area contributed by atoms with E-state index in [1.54, 1.807) is 6.07 Å². The van der Waals surface area contributed by atoms with Crippen LogP contribution < -0.4 is 10.6 Å². The molecule has 0 saturated heterocycles. The van der Waals surface area contributed by atoms with E-state index in [2.05, 4.69) is 29.7 Å². The zero-order valence-corrected chi connectivity index (χ0v) is 14.4. The molecule has 2 aromatic carbocycles. The number of anilines is 1. The third-order valence-electron chi connectivity index (χ3n) is 4.12. The molecule has 0 radical (unpaired) electrons. The molecule has 0 saturated carbocycles. The van der Waals surface area contributed by atoms with Crippen molar-refractivity contribution in [1.29, 1.82) is 0 Å². The average Bonchev–Trinajstić information content (AvgIpc) is 2.64. The van der Waals surface area contributed by atoms with Crippen LogP contribution in [0.5, 0.6) is 0 Å². The standard InChI is InChI=1S/C20H26N2O2/c1-3-16-9-5-6-11-19(16)21-13-15-8-7-10-17(12-15)20(24)22-18(4-2)14-23/h5-12,18,21,23H,3-4,13-14H2,1-2H3,(H,22,24). The van der Waals surface area contributed by atoms with Crippen LogP contribution in [0.4, 0.5) is 5.69 Å². The first-order chi connectivity index (χ1) is 11.7. The summed E-state index contributed by atoms with van der Waals surface area (Å²) in [4.78, 5) is 12.3. The molecule has 0 spiro atoms. The van der Waals surface area contributed by atoms with Gasteiger partial charge in [0.1, 0.15) is 0 Å². The molecule has 0 fully saturated rings. The number of hydrogen-bond donors (Lipinski definition) is 3. The van der Waals surface area contributed by atoms with E-state index in [9.17, 15) is 9.90 Å². The molecule has 4 nitrogen and oxygen atoms in total. The number of amides is 1. The molecule has 1 atom stereocenters. The zero-order chi connectivity index (χ0) is 17.4. The van der Waals surface area contributed by atoms with Gasteiger partial charge in [-0.15, -0.1) is 0 Å². The summed E-state index contributed by atoms with van der Waals surface area (Å²) >= 11 is 0. The van der Waals surface area contributed by atoms with Gasteiger partial charge < -0.3 is 15.7 Å². The predicted molar refractivity (Wildman–Crippen MR) is 98.2 cm³/mol. The number of benzene rings is 2. The van der Waals surface area contributed by atoms with Crippen LogP contribution in [0.15, 0.2) is 48.5 Å². The second-order valence-electron chi connectivity index (χ2n) is 5.83. The number of nitrogens with one attached hydrogen (secondary N) is 2. The normalized spacial score (nSPS) is 11.8. The van der Waals surface area contributed by atoms with Gasteiger partial charge >= 0.3 is 0 Å². The smallest absolute Gasteiger partial charge is 0.251 e. The summed E-state index contributed by atoms with van der Waals surface area (Å²) in [5.41, 5.74) is 4.07. The number of hydrogen-bond acceptors (Lipinski definition) is 3. The second kappa shape index (κ2) is 9.08. The lowest BCUT2D eigenvalue weighted by molar-refractivity contribution is 0.0915. The monoisotopic (exact) mass is 326 g/mol. The number of carbonyl (C=O) groups is 1. The SMILES string of the molecule is CCc1ccccc1NCc1cccc(C(=O)NC(CC)CO)c1. The van der Waals surface area contributed by atoms with Crippen molar-refractivity contribution in [3.05, 3.63) is 65.2 Å². The van der Waals surface area contributed by atoms with E-state index >= 15 is 0 Å². The van der Waals surface area contributed by atoms with Crippen LogP contribution in [0.1, 0.15) is 41.8 Å². The Hall–Kier alpha value is -2.33. The highest BCUT2D eigenvalue weighted by molar-refractivity contribution is 5.94. The first-order valence-electron chi connectivity index (χ1n) is 8.50. The average molecular weight is 326 g/mol. The van der Waals surface area contributed by atoms with Crippen molar-refractivity contribution in [2.24, 2.45) is 0 Å². The second-order valence-corrected chi connectivity index (χ2v) is 5.83. The van der Waals surface area contributed by atoms with Gasteiger partial charge in [-0.1, -0.05) is 44.2 Å². The topological polar surface area (TPSA) is 61.4 Å². The van der Waals surface area contributed by atoms with E-state index in [1.165, 1.54) is 5.56 Å². The Kier molecular flexibility index (Phi) is 6.82. The summed E-state index contributed by atoms with van der Waals surface area (Å²) in [6, 6.07) is 15.6. The number of aliphatic hydroxyl groups is 1. The summed E-state index contributed by atoms with van der Waals surface area (Å²) in [7, 11) is 0. The van der Waals surface area contributed by atoms with Crippen molar-refractivity contribution >= 4 is 11.6 Å². The zero-order valence-electron chi connectivity index (χ0n) is 14.4. The van der Waals surface area contributed by atoms with Crippen molar-refractivity contribution in [3.8, 4) is 0 Å². The lowest BCUT2D eigenvalue weighted by Crippen LogP contribution is -2.36. The summed E-state index contributed by atoms with van der Waals surface area (Å²) in [6.45, 7) is 4.69. The number of aryl methyl sites for hydroxylation is 1. The maximum atomic E-state index is 12.3. The minimum absolute atomic E-state index is 0.0444. The fourth-order valence-electron chi connectivity index (χ4n) is 2.57. The number of aliphatic hydroxyl groups excluding tert-OH is 1. The van der Waals surface area contributed by atoms with Gasteiger partial charge in [-0.3, -0.25) is 4.79 Å². The van der Waals surface area contributed by atoms with Crippen LogP contribution in [0.3, 0.4) is 0 Å². The summed E-state index contributed by atoms with van der Waals surface area (Å²) < 4.78 is 0. The van der Waals surface area contributed by atoms with E-state index in [0.29, 0.717) is 18.5 Å². The molecule has 1 unspecified atom stereocenters. The maximum Gasteiger partial charge on any atom is 0.251 e. The molecule has 0 aliphatic rings. The van der Waals surface area contributed by atoms with Gasteiger partial charge in [0.2, 0.25) is 0 Å². The van der Waals surface area contributed by atoms with Gasteiger partial charge in [-0.25, -0.2) is 0 Å². The van der Waals surface area contributed by atoms with Crippen molar-refractivity contribution in [1.82, 2.24) is 5.32 Å². The first kappa shape index (κ1) is 18.0. The Labute approximate surface area is 143 Å². The lowest BCUT2D eigenvalue weighted by Gasteiger charge is -2.15. The molecule has 0 aromatic heterocycles. The highest BCUT2D eigenvalue weighted by atomic mass is 16.3. The van der Waals surface area contributed by atoms with Crippen molar-refractivity contribution < 1.29 is 9.90 Å². The molecule has 3 N–H and O–H groups in total. The summed E-state index contributed by atoms with van der Waals surface area (Å²) in [6.07, 6.45) is 1.68. The third-order valence-corrected chi connectivity index (χ3v) is 4.12. The molecule has 0 heterocycles. The Bertz CT molecular complexity index is 666.